The van der Waals surface area contributed by atoms with Gasteiger partial charge in [0.15, 0.2) is 0 Å². The smallest absolute Gasteiger partial charge is 0.336 e. The fraction of sp³-hybridized carbons (Fsp3) is 0.316. The zero-order valence-electron chi connectivity index (χ0n) is 13.8. The van der Waals surface area contributed by atoms with Gasteiger partial charge in [-0.1, -0.05) is 6.07 Å². The van der Waals surface area contributed by atoms with E-state index in [1.54, 1.807) is 12.1 Å². The number of pyridine rings is 1. The minimum atomic E-state index is -1.11. The van der Waals surface area contributed by atoms with E-state index in [4.69, 9.17) is 0 Å². The van der Waals surface area contributed by atoms with Crippen LogP contribution in [0.4, 0.5) is 5.82 Å². The molecule has 2 N–H and O–H groups in total. The fourth-order valence-corrected chi connectivity index (χ4v) is 3.02. The lowest BCUT2D eigenvalue weighted by atomic mass is 9.96. The van der Waals surface area contributed by atoms with Crippen LogP contribution in [-0.4, -0.2) is 22.0 Å². The number of aromatic nitrogens is 1. The number of nitrogens with one attached hydrogen (secondary N) is 1. The number of aromatic carboxylic acids is 1. The molecule has 124 valence electrons. The molecule has 0 radical (unpaired) electrons. The second kappa shape index (κ2) is 6.43. The number of anilines is 1. The summed E-state index contributed by atoms with van der Waals surface area (Å²) < 4.78 is 0. The number of hydrogen-bond donors (Lipinski definition) is 2. The van der Waals surface area contributed by atoms with Crippen molar-refractivity contribution >= 4 is 17.7 Å². The topological polar surface area (TPSA) is 79.3 Å². The number of nitrogens with zero attached hydrogens (tertiary/aromatic N) is 1. The third kappa shape index (κ3) is 3.15. The Kier molecular flexibility index (Phi) is 4.34. The van der Waals surface area contributed by atoms with Crippen LogP contribution in [0.25, 0.3) is 0 Å². The van der Waals surface area contributed by atoms with Crippen LogP contribution in [0.5, 0.6) is 0 Å². The van der Waals surface area contributed by atoms with Crippen molar-refractivity contribution in [3.05, 3.63) is 57.8 Å². The maximum Gasteiger partial charge on any atom is 0.336 e. The molecule has 1 aliphatic rings. The highest BCUT2D eigenvalue weighted by Crippen LogP contribution is 2.22. The summed E-state index contributed by atoms with van der Waals surface area (Å²) in [5.74, 6) is -1.09. The number of aryl methyl sites for hydroxylation is 4. The number of carbonyl (C=O) groups is 2. The largest absolute Gasteiger partial charge is 0.478 e. The molecular weight excluding hydrogens is 304 g/mol. The highest BCUT2D eigenvalue weighted by atomic mass is 16.4. The summed E-state index contributed by atoms with van der Waals surface area (Å²) in [4.78, 5) is 28.5. The average Bonchev–Trinajstić information content (AvgIpc) is 2.56. The van der Waals surface area contributed by atoms with Crippen molar-refractivity contribution in [1.82, 2.24) is 4.98 Å². The van der Waals surface area contributed by atoms with Crippen LogP contribution in [0.2, 0.25) is 0 Å². The summed E-state index contributed by atoms with van der Waals surface area (Å²) in [6.45, 7) is 3.68. The fourth-order valence-electron chi connectivity index (χ4n) is 3.02. The Balaban J connectivity index is 1.90. The molecule has 0 fully saturated rings. The Labute approximate surface area is 140 Å². The number of benzene rings is 1. The van der Waals surface area contributed by atoms with Crippen molar-refractivity contribution in [1.29, 1.82) is 0 Å². The molecule has 2 aromatic rings. The first-order valence-electron chi connectivity index (χ1n) is 8.10. The molecule has 1 aromatic heterocycles. The molecule has 0 aliphatic heterocycles. The summed E-state index contributed by atoms with van der Waals surface area (Å²) in [7, 11) is 0. The van der Waals surface area contributed by atoms with Crippen molar-refractivity contribution in [3.8, 4) is 0 Å². The zero-order valence-corrected chi connectivity index (χ0v) is 13.8. The van der Waals surface area contributed by atoms with E-state index in [2.05, 4.69) is 10.3 Å². The molecule has 0 saturated heterocycles. The second-order valence-electron chi connectivity index (χ2n) is 6.25. The molecule has 24 heavy (non-hydrogen) atoms. The summed E-state index contributed by atoms with van der Waals surface area (Å²) >= 11 is 0. The molecule has 1 heterocycles. The first-order valence-corrected chi connectivity index (χ1v) is 8.10. The van der Waals surface area contributed by atoms with Gasteiger partial charge in [-0.3, -0.25) is 4.79 Å². The van der Waals surface area contributed by atoms with Crippen LogP contribution >= 0.6 is 0 Å². The van der Waals surface area contributed by atoms with Crippen molar-refractivity contribution in [2.75, 3.05) is 5.32 Å². The van der Waals surface area contributed by atoms with Crippen molar-refractivity contribution in [2.45, 2.75) is 39.5 Å². The van der Waals surface area contributed by atoms with Gasteiger partial charge in [0.05, 0.1) is 11.1 Å². The van der Waals surface area contributed by atoms with Gasteiger partial charge >= 0.3 is 5.97 Å². The minimum Gasteiger partial charge on any atom is -0.478 e. The molecule has 5 heteroatoms. The summed E-state index contributed by atoms with van der Waals surface area (Å²) in [6, 6.07) is 6.93. The van der Waals surface area contributed by atoms with E-state index in [1.165, 1.54) is 18.1 Å². The Morgan fingerprint density at radius 1 is 1.04 bits per heavy atom. The molecule has 3 rings (SSSR count). The third-order valence-electron chi connectivity index (χ3n) is 4.53. The average molecular weight is 324 g/mol. The van der Waals surface area contributed by atoms with Crippen LogP contribution in [0, 0.1) is 13.8 Å². The monoisotopic (exact) mass is 324 g/mol. The normalized spacial score (nSPS) is 13.2. The van der Waals surface area contributed by atoms with Crippen LogP contribution in [-0.2, 0) is 12.8 Å². The van der Waals surface area contributed by atoms with E-state index < -0.39 is 11.9 Å². The Bertz CT molecular complexity index is 828. The predicted octanol–water partition coefficient (Wildman–Crippen LogP) is 3.53. The van der Waals surface area contributed by atoms with Gasteiger partial charge < -0.3 is 10.4 Å². The van der Waals surface area contributed by atoms with E-state index in [9.17, 15) is 14.7 Å². The van der Waals surface area contributed by atoms with Crippen molar-refractivity contribution < 1.29 is 14.7 Å². The molecule has 0 unspecified atom stereocenters. The lowest BCUT2D eigenvalue weighted by Crippen LogP contribution is -2.18. The number of fused-ring (bicyclic) bond motifs is 1. The van der Waals surface area contributed by atoms with Gasteiger partial charge in [-0.05, 0) is 74.4 Å². The van der Waals surface area contributed by atoms with Crippen molar-refractivity contribution in [3.63, 3.8) is 0 Å². The van der Waals surface area contributed by atoms with Gasteiger partial charge in [-0.2, -0.15) is 0 Å². The number of rotatable bonds is 3. The standard InChI is InChI=1S/C19H20N2O3/c1-11-9-14(15(19(23)24)10-12(11)2)18(22)21-17-8-7-13-5-3-4-6-16(13)20-17/h7-10H,3-6H2,1-2H3,(H,23,24)(H,20,21,22). The lowest BCUT2D eigenvalue weighted by Gasteiger charge is -2.16. The number of carboxylic acids is 1. The maximum atomic E-state index is 12.6. The first kappa shape index (κ1) is 16.2. The highest BCUT2D eigenvalue weighted by molar-refractivity contribution is 6.10. The Morgan fingerprint density at radius 2 is 1.71 bits per heavy atom. The molecule has 0 saturated carbocycles. The molecule has 1 aromatic carbocycles. The number of carboxylic acid groups (broad SMARTS) is 1. The van der Waals surface area contributed by atoms with E-state index in [1.807, 2.05) is 19.9 Å². The Hall–Kier alpha value is -2.69. The number of carbonyl (C=O) groups excluding carboxylic acids is 1. The third-order valence-corrected chi connectivity index (χ3v) is 4.53. The minimum absolute atomic E-state index is 0.00793. The maximum absolute atomic E-state index is 12.6. The first-order chi connectivity index (χ1) is 11.5. The SMILES string of the molecule is Cc1cc(C(=O)O)c(C(=O)Nc2ccc3c(n2)CCCC3)cc1C. The lowest BCUT2D eigenvalue weighted by molar-refractivity contribution is 0.0692. The summed E-state index contributed by atoms with van der Waals surface area (Å²) in [6.07, 6.45) is 4.22. The predicted molar refractivity (Wildman–Crippen MR) is 91.7 cm³/mol. The van der Waals surface area contributed by atoms with Gasteiger partial charge in [0.25, 0.3) is 5.91 Å². The summed E-state index contributed by atoms with van der Waals surface area (Å²) in [5, 5.41) is 12.1. The molecule has 0 atom stereocenters. The van der Waals surface area contributed by atoms with Gasteiger partial charge in [-0.15, -0.1) is 0 Å². The van der Waals surface area contributed by atoms with Gasteiger partial charge in [0.1, 0.15) is 5.82 Å². The van der Waals surface area contributed by atoms with E-state index >= 15 is 0 Å². The zero-order chi connectivity index (χ0) is 17.3. The van der Waals surface area contributed by atoms with Gasteiger partial charge in [0.2, 0.25) is 0 Å². The molecular formula is C19H20N2O3. The van der Waals surface area contributed by atoms with E-state index in [0.29, 0.717) is 5.82 Å². The van der Waals surface area contributed by atoms with Crippen LogP contribution < -0.4 is 5.32 Å². The van der Waals surface area contributed by atoms with Crippen LogP contribution in [0.3, 0.4) is 0 Å². The molecule has 1 aliphatic carbocycles. The molecule has 0 spiro atoms. The van der Waals surface area contributed by atoms with Crippen LogP contribution in [0.1, 0.15) is 55.9 Å². The molecule has 1 amide bonds. The van der Waals surface area contributed by atoms with Gasteiger partial charge in [0, 0.05) is 5.69 Å². The molecule has 5 nitrogen and oxygen atoms in total. The second-order valence-corrected chi connectivity index (χ2v) is 6.25. The quantitative estimate of drug-likeness (QED) is 0.905. The Morgan fingerprint density at radius 3 is 2.42 bits per heavy atom. The number of hydrogen-bond acceptors (Lipinski definition) is 3. The summed E-state index contributed by atoms with van der Waals surface area (Å²) in [5.41, 5.74) is 4.15. The van der Waals surface area contributed by atoms with Gasteiger partial charge in [-0.25, -0.2) is 9.78 Å². The van der Waals surface area contributed by atoms with E-state index in [0.717, 1.165) is 36.1 Å². The van der Waals surface area contributed by atoms with Crippen LogP contribution in [0.15, 0.2) is 24.3 Å². The van der Waals surface area contributed by atoms with Crippen molar-refractivity contribution in [2.24, 2.45) is 0 Å². The van der Waals surface area contributed by atoms with E-state index in [-0.39, 0.29) is 11.1 Å². The highest BCUT2D eigenvalue weighted by Gasteiger charge is 2.19. The number of amides is 1. The molecule has 0 bridgehead atoms.